The molecule has 3 aromatic carbocycles. The Labute approximate surface area is 282 Å². The summed E-state index contributed by atoms with van der Waals surface area (Å²) in [5.41, 5.74) is -7.93. The molecular weight excluding hydrogens is 705 g/mol. The van der Waals surface area contributed by atoms with E-state index in [9.17, 15) is 52.7 Å². The predicted octanol–water partition coefficient (Wildman–Crippen LogP) is 7.75. The number of piperidine rings is 1. The van der Waals surface area contributed by atoms with Crippen LogP contribution in [0.4, 0.5) is 39.5 Å². The zero-order valence-corrected chi connectivity index (χ0v) is 27.1. The summed E-state index contributed by atoms with van der Waals surface area (Å²) < 4.78 is 166. The maximum atomic E-state index is 14.5. The van der Waals surface area contributed by atoms with Gasteiger partial charge in [-0.25, -0.2) is 21.6 Å². The minimum atomic E-state index is -6.21. The van der Waals surface area contributed by atoms with Crippen LogP contribution in [0.1, 0.15) is 48.8 Å². The van der Waals surface area contributed by atoms with Crippen LogP contribution in [0.3, 0.4) is 0 Å². The van der Waals surface area contributed by atoms with E-state index in [4.69, 9.17) is 4.74 Å². The van der Waals surface area contributed by atoms with Crippen molar-refractivity contribution in [3.05, 3.63) is 101 Å². The molecule has 2 aliphatic heterocycles. The van der Waals surface area contributed by atoms with Crippen LogP contribution in [0, 0.1) is 23.4 Å². The van der Waals surface area contributed by atoms with E-state index in [-0.39, 0.29) is 54.6 Å². The number of rotatable bonds is 9. The number of hydrogen-bond acceptors (Lipinski definition) is 5. The lowest BCUT2D eigenvalue weighted by atomic mass is 9.85. The highest BCUT2D eigenvalue weighted by Crippen LogP contribution is 2.54. The summed E-state index contributed by atoms with van der Waals surface area (Å²) in [6.07, 6.45) is -11.4. The Hall–Kier alpha value is -3.63. The molecule has 0 N–H and O–H groups in total. The minimum absolute atomic E-state index is 0.0676. The second kappa shape index (κ2) is 14.2. The van der Waals surface area contributed by atoms with Gasteiger partial charge in [0, 0.05) is 43.9 Å². The third kappa shape index (κ3) is 6.98. The number of amides is 1. The van der Waals surface area contributed by atoms with Crippen LogP contribution in [-0.4, -0.2) is 57.9 Å². The number of halogens is 9. The lowest BCUT2D eigenvalue weighted by molar-refractivity contribution is -0.392. The van der Waals surface area contributed by atoms with Crippen LogP contribution in [0.5, 0.6) is 0 Å². The van der Waals surface area contributed by atoms with E-state index in [1.54, 1.807) is 0 Å². The van der Waals surface area contributed by atoms with Gasteiger partial charge in [-0.2, -0.15) is 26.3 Å². The summed E-state index contributed by atoms with van der Waals surface area (Å²) in [4.78, 5) is 14.3. The number of alkyl halides is 6. The average Bonchev–Trinajstić information content (AvgIpc) is 3.06. The molecule has 2 fully saturated rings. The highest BCUT2D eigenvalue weighted by molar-refractivity contribution is 7.92. The van der Waals surface area contributed by atoms with E-state index < -0.39 is 67.7 Å². The molecule has 0 bridgehead atoms. The van der Waals surface area contributed by atoms with Crippen LogP contribution >= 0.6 is 0 Å². The molecular formula is C34H32F9NO5S. The van der Waals surface area contributed by atoms with Gasteiger partial charge in [0.15, 0.2) is 9.84 Å². The summed E-state index contributed by atoms with van der Waals surface area (Å²) in [5.74, 6) is -3.77. The summed E-state index contributed by atoms with van der Waals surface area (Å²) in [6, 6.07) is 8.38. The molecule has 0 aromatic heterocycles. The highest BCUT2D eigenvalue weighted by Gasteiger charge is 2.73. The molecule has 50 heavy (non-hydrogen) atoms. The summed E-state index contributed by atoms with van der Waals surface area (Å²) in [6.45, 7) is -0.947. The van der Waals surface area contributed by atoms with Gasteiger partial charge in [0.05, 0.1) is 11.5 Å². The fourth-order valence-electron chi connectivity index (χ4n) is 6.59. The Morgan fingerprint density at radius 3 is 1.88 bits per heavy atom. The van der Waals surface area contributed by atoms with Crippen molar-refractivity contribution >= 4 is 15.7 Å². The van der Waals surface area contributed by atoms with Crippen LogP contribution < -0.4 is 0 Å². The van der Waals surface area contributed by atoms with Gasteiger partial charge in [-0.3, -0.25) is 4.79 Å². The number of carbonyl (C=O) groups is 1. The molecule has 3 aromatic rings. The molecule has 0 saturated carbocycles. The quantitative estimate of drug-likeness (QED) is 0.166. The van der Waals surface area contributed by atoms with Crippen molar-refractivity contribution in [1.29, 1.82) is 0 Å². The van der Waals surface area contributed by atoms with Crippen LogP contribution in [-0.2, 0) is 41.1 Å². The topological polar surface area (TPSA) is 72.9 Å². The second-order valence-electron chi connectivity index (χ2n) is 12.3. The van der Waals surface area contributed by atoms with E-state index in [0.29, 0.717) is 50.3 Å². The Bertz CT molecular complexity index is 1730. The van der Waals surface area contributed by atoms with Crippen molar-refractivity contribution in [1.82, 2.24) is 4.90 Å². The summed E-state index contributed by atoms with van der Waals surface area (Å²) >= 11 is 0. The van der Waals surface area contributed by atoms with Crippen LogP contribution in [0.2, 0.25) is 0 Å². The SMILES string of the molecule is O=C(CC1CCOCC1)N1CCC(c2ccc(C(OCc3c(F)cccc3F)(C(F)(F)F)C(F)(F)F)cc2)(S(=O)(=O)c2ccc(F)cc2)CC1. The summed E-state index contributed by atoms with van der Waals surface area (Å²) in [5, 5.41) is 0. The molecule has 0 atom stereocenters. The first kappa shape index (κ1) is 37.6. The van der Waals surface area contributed by atoms with E-state index in [1.807, 2.05) is 0 Å². The maximum Gasteiger partial charge on any atom is 0.430 e. The predicted molar refractivity (Wildman–Crippen MR) is 161 cm³/mol. The number of benzene rings is 3. The monoisotopic (exact) mass is 737 g/mol. The zero-order valence-electron chi connectivity index (χ0n) is 26.3. The summed E-state index contributed by atoms with van der Waals surface area (Å²) in [7, 11) is -4.51. The van der Waals surface area contributed by atoms with Crippen molar-refractivity contribution in [2.45, 2.75) is 66.3 Å². The number of hydrogen-bond donors (Lipinski definition) is 0. The molecule has 2 heterocycles. The van der Waals surface area contributed by atoms with Gasteiger partial charge < -0.3 is 14.4 Å². The number of nitrogens with zero attached hydrogens (tertiary/aromatic N) is 1. The minimum Gasteiger partial charge on any atom is -0.381 e. The largest absolute Gasteiger partial charge is 0.430 e. The molecule has 2 saturated heterocycles. The van der Waals surface area contributed by atoms with E-state index >= 15 is 0 Å². The molecule has 5 rings (SSSR count). The van der Waals surface area contributed by atoms with Gasteiger partial charge in [-0.05, 0) is 73.6 Å². The zero-order chi connectivity index (χ0) is 36.5. The molecule has 0 spiro atoms. The van der Waals surface area contributed by atoms with Gasteiger partial charge >= 0.3 is 12.4 Å². The molecule has 16 heteroatoms. The van der Waals surface area contributed by atoms with Crippen molar-refractivity contribution in [3.8, 4) is 0 Å². The highest BCUT2D eigenvalue weighted by atomic mass is 32.2. The molecule has 2 aliphatic rings. The van der Waals surface area contributed by atoms with Crippen molar-refractivity contribution in [2.75, 3.05) is 26.3 Å². The first-order valence-corrected chi connectivity index (χ1v) is 17.1. The second-order valence-corrected chi connectivity index (χ2v) is 14.6. The van der Waals surface area contributed by atoms with Gasteiger partial charge in [0.1, 0.15) is 22.2 Å². The normalized spacial score (nSPS) is 17.9. The third-order valence-electron chi connectivity index (χ3n) is 9.48. The fraction of sp³-hybridized carbons (Fsp3) is 0.441. The van der Waals surface area contributed by atoms with Gasteiger partial charge in [-0.1, -0.05) is 30.3 Å². The van der Waals surface area contributed by atoms with Gasteiger partial charge in [0.2, 0.25) is 5.91 Å². The van der Waals surface area contributed by atoms with E-state index in [0.717, 1.165) is 42.5 Å². The molecule has 0 unspecified atom stereocenters. The standard InChI is InChI=1S/C34H32F9NO5S/c35-25-8-10-26(11-9-25)50(46,47)31(14-16-44(17-15-31)30(45)20-22-12-18-48-19-13-22)23-4-6-24(7-5-23)32(33(38,39)40,34(41,42)43)49-21-27-28(36)2-1-3-29(27)37/h1-11,22H,12-21H2. The lowest BCUT2D eigenvalue weighted by Gasteiger charge is -2.42. The van der Waals surface area contributed by atoms with Crippen LogP contribution in [0.15, 0.2) is 71.6 Å². The van der Waals surface area contributed by atoms with Gasteiger partial charge in [0.25, 0.3) is 5.60 Å². The molecule has 1 amide bonds. The number of carbonyl (C=O) groups excluding carboxylic acids is 1. The number of ether oxygens (including phenoxy) is 2. The first-order valence-electron chi connectivity index (χ1n) is 15.6. The lowest BCUT2D eigenvalue weighted by Crippen LogP contribution is -2.56. The Morgan fingerprint density at radius 2 is 1.36 bits per heavy atom. The fourth-order valence-corrected chi connectivity index (χ4v) is 8.70. The Morgan fingerprint density at radius 1 is 0.820 bits per heavy atom. The van der Waals surface area contributed by atoms with Crippen molar-refractivity contribution in [2.24, 2.45) is 5.92 Å². The number of likely N-dealkylation sites (tertiary alicyclic amines) is 1. The smallest absolute Gasteiger partial charge is 0.381 e. The van der Waals surface area contributed by atoms with Crippen molar-refractivity contribution < 1.29 is 62.2 Å². The average molecular weight is 738 g/mol. The van der Waals surface area contributed by atoms with E-state index in [1.165, 1.54) is 4.90 Å². The van der Waals surface area contributed by atoms with E-state index in [2.05, 4.69) is 4.74 Å². The van der Waals surface area contributed by atoms with Gasteiger partial charge in [-0.15, -0.1) is 0 Å². The van der Waals surface area contributed by atoms with Crippen molar-refractivity contribution in [3.63, 3.8) is 0 Å². The Balaban J connectivity index is 1.53. The molecule has 272 valence electrons. The maximum absolute atomic E-state index is 14.5. The first-order chi connectivity index (χ1) is 23.4. The molecule has 0 radical (unpaired) electrons. The third-order valence-corrected chi connectivity index (χ3v) is 12.0. The number of sulfone groups is 1. The van der Waals surface area contributed by atoms with Crippen LogP contribution in [0.25, 0.3) is 0 Å². The molecule has 0 aliphatic carbocycles. The Kier molecular flexibility index (Phi) is 10.7. The molecule has 6 nitrogen and oxygen atoms in total.